The number of anilines is 1. The monoisotopic (exact) mass is 373 g/mol. The molecule has 2 amide bonds. The molecule has 27 heavy (non-hydrogen) atoms. The molecular weight excluding hydrogens is 346 g/mol. The second kappa shape index (κ2) is 9.82. The number of carbonyl (C=O) groups excluding carboxylic acids is 2. The van der Waals surface area contributed by atoms with Gasteiger partial charge >= 0.3 is 0 Å². The number of aryl methyl sites for hydroxylation is 1. The molecular formula is C19H27N5O3. The Morgan fingerprint density at radius 1 is 1.26 bits per heavy atom. The van der Waals surface area contributed by atoms with Gasteiger partial charge in [0.2, 0.25) is 11.8 Å². The van der Waals surface area contributed by atoms with Crippen LogP contribution in [0.4, 0.5) is 5.69 Å². The number of hydrogen-bond donors (Lipinski definition) is 2. The summed E-state index contributed by atoms with van der Waals surface area (Å²) in [6.45, 7) is 7.07. The highest BCUT2D eigenvalue weighted by molar-refractivity contribution is 6.04. The number of likely N-dealkylation sites (N-methyl/N-ethyl adjacent to an activating group) is 1. The Labute approximate surface area is 159 Å². The fraction of sp³-hybridized carbons (Fsp3) is 0.474. The van der Waals surface area contributed by atoms with E-state index in [9.17, 15) is 9.59 Å². The third-order valence-corrected chi connectivity index (χ3v) is 3.76. The molecule has 2 aromatic rings. The largest absolute Gasteiger partial charge is 0.352 e. The fourth-order valence-corrected chi connectivity index (χ4v) is 2.40. The van der Waals surface area contributed by atoms with Gasteiger partial charge in [0.15, 0.2) is 5.82 Å². The van der Waals surface area contributed by atoms with Crippen molar-refractivity contribution >= 4 is 17.5 Å². The summed E-state index contributed by atoms with van der Waals surface area (Å²) >= 11 is 0. The molecule has 8 nitrogen and oxygen atoms in total. The third-order valence-electron chi connectivity index (χ3n) is 3.76. The van der Waals surface area contributed by atoms with Crippen molar-refractivity contribution < 1.29 is 14.1 Å². The van der Waals surface area contributed by atoms with Crippen LogP contribution in [0.15, 0.2) is 28.8 Å². The van der Waals surface area contributed by atoms with Crippen LogP contribution < -0.4 is 10.6 Å². The summed E-state index contributed by atoms with van der Waals surface area (Å²) in [5.74, 6) is 1.03. The number of carbonyl (C=O) groups is 2. The third kappa shape index (κ3) is 6.49. The standard InChI is InChI=1S/C19H27N5O3/c1-5-16-22-18(27-23-16)12-24(4)11-17(25)21-15-9-7-6-8-14(15)19(26)20-10-13(2)3/h6-9,13H,5,10-12H2,1-4H3,(H,20,26)(H,21,25). The fourth-order valence-electron chi connectivity index (χ4n) is 2.40. The van der Waals surface area contributed by atoms with Crippen LogP contribution in [0, 0.1) is 5.92 Å². The highest BCUT2D eigenvalue weighted by Crippen LogP contribution is 2.15. The van der Waals surface area contributed by atoms with Gasteiger partial charge in [-0.1, -0.05) is 38.1 Å². The van der Waals surface area contributed by atoms with Gasteiger partial charge in [-0.15, -0.1) is 0 Å². The summed E-state index contributed by atoms with van der Waals surface area (Å²) in [6.07, 6.45) is 0.698. The van der Waals surface area contributed by atoms with Gasteiger partial charge in [0.25, 0.3) is 5.91 Å². The Hall–Kier alpha value is -2.74. The Bertz CT molecular complexity index is 772. The van der Waals surface area contributed by atoms with Crippen molar-refractivity contribution in [1.29, 1.82) is 0 Å². The Morgan fingerprint density at radius 2 is 2.00 bits per heavy atom. The maximum Gasteiger partial charge on any atom is 0.253 e. The van der Waals surface area contributed by atoms with E-state index in [4.69, 9.17) is 4.52 Å². The van der Waals surface area contributed by atoms with Crippen molar-refractivity contribution in [2.45, 2.75) is 33.7 Å². The minimum atomic E-state index is -0.225. The van der Waals surface area contributed by atoms with Crippen molar-refractivity contribution in [2.24, 2.45) is 5.92 Å². The molecule has 1 heterocycles. The molecule has 0 saturated heterocycles. The van der Waals surface area contributed by atoms with E-state index in [1.807, 2.05) is 20.8 Å². The zero-order valence-electron chi connectivity index (χ0n) is 16.3. The van der Waals surface area contributed by atoms with Crippen LogP contribution in [-0.2, 0) is 17.8 Å². The number of hydrogen-bond acceptors (Lipinski definition) is 6. The van der Waals surface area contributed by atoms with E-state index in [1.54, 1.807) is 36.2 Å². The van der Waals surface area contributed by atoms with E-state index in [1.165, 1.54) is 0 Å². The van der Waals surface area contributed by atoms with Crippen LogP contribution in [0.5, 0.6) is 0 Å². The van der Waals surface area contributed by atoms with Gasteiger partial charge in [-0.2, -0.15) is 4.98 Å². The molecule has 0 aliphatic heterocycles. The second-order valence-corrected chi connectivity index (χ2v) is 6.83. The predicted octanol–water partition coefficient (Wildman–Crippen LogP) is 2.09. The quantitative estimate of drug-likeness (QED) is 0.698. The zero-order valence-corrected chi connectivity index (χ0v) is 16.3. The van der Waals surface area contributed by atoms with E-state index < -0.39 is 0 Å². The average molecular weight is 373 g/mol. The Morgan fingerprint density at radius 3 is 2.67 bits per heavy atom. The van der Waals surface area contributed by atoms with Gasteiger partial charge in [-0.05, 0) is 25.1 Å². The van der Waals surface area contributed by atoms with Crippen molar-refractivity contribution in [3.05, 3.63) is 41.5 Å². The lowest BCUT2D eigenvalue weighted by atomic mass is 10.1. The van der Waals surface area contributed by atoms with Gasteiger partial charge in [0.05, 0.1) is 24.3 Å². The molecule has 0 aliphatic rings. The lowest BCUT2D eigenvalue weighted by Crippen LogP contribution is -2.32. The highest BCUT2D eigenvalue weighted by Gasteiger charge is 2.15. The van der Waals surface area contributed by atoms with E-state index >= 15 is 0 Å². The average Bonchev–Trinajstić information content (AvgIpc) is 3.07. The van der Waals surface area contributed by atoms with Gasteiger partial charge in [-0.25, -0.2) is 0 Å². The molecule has 0 saturated carbocycles. The molecule has 0 fully saturated rings. The molecule has 146 valence electrons. The number of aromatic nitrogens is 2. The van der Waals surface area contributed by atoms with Gasteiger partial charge in [0, 0.05) is 13.0 Å². The highest BCUT2D eigenvalue weighted by atomic mass is 16.5. The normalized spacial score (nSPS) is 11.0. The molecule has 0 aliphatic carbocycles. The topological polar surface area (TPSA) is 100 Å². The summed E-state index contributed by atoms with van der Waals surface area (Å²) in [4.78, 5) is 30.7. The zero-order chi connectivity index (χ0) is 19.8. The maximum atomic E-state index is 12.4. The summed E-state index contributed by atoms with van der Waals surface area (Å²) in [7, 11) is 1.79. The lowest BCUT2D eigenvalue weighted by molar-refractivity contribution is -0.117. The second-order valence-electron chi connectivity index (χ2n) is 6.83. The first-order valence-electron chi connectivity index (χ1n) is 9.06. The van der Waals surface area contributed by atoms with Gasteiger partial charge < -0.3 is 15.2 Å². The molecule has 1 aromatic carbocycles. The van der Waals surface area contributed by atoms with E-state index in [0.29, 0.717) is 48.4 Å². The smallest absolute Gasteiger partial charge is 0.253 e. The number of rotatable bonds is 9. The molecule has 0 bridgehead atoms. The number of benzene rings is 1. The molecule has 0 unspecified atom stereocenters. The van der Waals surface area contributed by atoms with E-state index in [0.717, 1.165) is 0 Å². The number of para-hydroxylation sites is 1. The summed E-state index contributed by atoms with van der Waals surface area (Å²) in [6, 6.07) is 6.96. The van der Waals surface area contributed by atoms with E-state index in [-0.39, 0.29) is 18.4 Å². The molecule has 2 N–H and O–H groups in total. The maximum absolute atomic E-state index is 12.4. The van der Waals surface area contributed by atoms with Gasteiger partial charge in [-0.3, -0.25) is 14.5 Å². The molecule has 1 aromatic heterocycles. The lowest BCUT2D eigenvalue weighted by Gasteiger charge is -2.16. The van der Waals surface area contributed by atoms with Crippen LogP contribution in [0.25, 0.3) is 0 Å². The van der Waals surface area contributed by atoms with Crippen LogP contribution >= 0.6 is 0 Å². The number of nitrogens with zero attached hydrogens (tertiary/aromatic N) is 3. The van der Waals surface area contributed by atoms with E-state index in [2.05, 4.69) is 20.8 Å². The minimum Gasteiger partial charge on any atom is -0.352 e. The van der Waals surface area contributed by atoms with Crippen molar-refractivity contribution in [2.75, 3.05) is 25.5 Å². The first-order valence-corrected chi connectivity index (χ1v) is 9.06. The molecule has 2 rings (SSSR count). The molecule has 8 heteroatoms. The van der Waals surface area contributed by atoms with Gasteiger partial charge in [0.1, 0.15) is 0 Å². The SMILES string of the molecule is CCc1noc(CN(C)CC(=O)Nc2ccccc2C(=O)NCC(C)C)n1. The number of amides is 2. The summed E-state index contributed by atoms with van der Waals surface area (Å²) in [5.41, 5.74) is 0.932. The summed E-state index contributed by atoms with van der Waals surface area (Å²) in [5, 5.41) is 9.51. The van der Waals surface area contributed by atoms with Crippen molar-refractivity contribution in [3.63, 3.8) is 0 Å². The summed E-state index contributed by atoms with van der Waals surface area (Å²) < 4.78 is 5.14. The van der Waals surface area contributed by atoms with Crippen LogP contribution in [-0.4, -0.2) is 47.0 Å². The first-order chi connectivity index (χ1) is 12.9. The van der Waals surface area contributed by atoms with Crippen LogP contribution in [0.1, 0.15) is 42.8 Å². The first kappa shape index (κ1) is 20.6. The molecule has 0 radical (unpaired) electrons. The minimum absolute atomic E-state index is 0.131. The van der Waals surface area contributed by atoms with Crippen LogP contribution in [0.2, 0.25) is 0 Å². The Balaban J connectivity index is 1.93. The predicted molar refractivity (Wildman–Crippen MR) is 102 cm³/mol. The number of nitrogens with one attached hydrogen (secondary N) is 2. The molecule has 0 spiro atoms. The molecule has 0 atom stereocenters. The van der Waals surface area contributed by atoms with Crippen LogP contribution in [0.3, 0.4) is 0 Å². The van der Waals surface area contributed by atoms with Crippen molar-refractivity contribution in [3.8, 4) is 0 Å². The Kier molecular flexibility index (Phi) is 7.48. The van der Waals surface area contributed by atoms with Crippen molar-refractivity contribution in [1.82, 2.24) is 20.4 Å².